The van der Waals surface area contributed by atoms with Gasteiger partial charge in [-0.3, -0.25) is 4.90 Å². The van der Waals surface area contributed by atoms with Crippen LogP contribution in [-0.4, -0.2) is 36.2 Å². The monoisotopic (exact) mass is 267 g/mol. The fraction of sp³-hybridized carbons (Fsp3) is 0.500. The van der Waals surface area contributed by atoms with E-state index in [2.05, 4.69) is 9.64 Å². The van der Waals surface area contributed by atoms with Crippen LogP contribution in [0.25, 0.3) is 0 Å². The first-order valence-electron chi connectivity index (χ1n) is 6.38. The SMILES string of the molecule is COC(=O)C(O)c1ccc(CN2CCCC2)c(F)c1. The molecule has 1 heterocycles. The number of likely N-dealkylation sites (tertiary alicyclic amines) is 1. The molecule has 0 spiro atoms. The first-order chi connectivity index (χ1) is 9.11. The number of carbonyl (C=O) groups excluding carboxylic acids is 1. The van der Waals surface area contributed by atoms with Crippen LogP contribution in [0.15, 0.2) is 18.2 Å². The molecule has 0 aliphatic carbocycles. The molecule has 1 saturated heterocycles. The van der Waals surface area contributed by atoms with Crippen molar-refractivity contribution >= 4 is 5.97 Å². The van der Waals surface area contributed by atoms with Crippen molar-refractivity contribution in [3.8, 4) is 0 Å². The van der Waals surface area contributed by atoms with Gasteiger partial charge >= 0.3 is 5.97 Å². The van der Waals surface area contributed by atoms with Crippen molar-refractivity contribution in [2.24, 2.45) is 0 Å². The van der Waals surface area contributed by atoms with Gasteiger partial charge in [-0.05, 0) is 37.6 Å². The van der Waals surface area contributed by atoms with E-state index in [0.29, 0.717) is 12.1 Å². The van der Waals surface area contributed by atoms with Crippen molar-refractivity contribution in [2.45, 2.75) is 25.5 Å². The lowest BCUT2D eigenvalue weighted by Gasteiger charge is -2.16. The van der Waals surface area contributed by atoms with Crippen LogP contribution in [0.5, 0.6) is 0 Å². The van der Waals surface area contributed by atoms with Gasteiger partial charge in [0.1, 0.15) is 5.82 Å². The fourth-order valence-corrected chi connectivity index (χ4v) is 2.29. The molecular weight excluding hydrogens is 249 g/mol. The lowest BCUT2D eigenvalue weighted by molar-refractivity contribution is -0.150. The van der Waals surface area contributed by atoms with Gasteiger partial charge in [0.05, 0.1) is 7.11 Å². The maximum Gasteiger partial charge on any atom is 0.339 e. The Labute approximate surface area is 111 Å². The van der Waals surface area contributed by atoms with E-state index in [1.54, 1.807) is 12.1 Å². The maximum absolute atomic E-state index is 13.9. The van der Waals surface area contributed by atoms with Crippen LogP contribution in [-0.2, 0) is 16.1 Å². The second-order valence-electron chi connectivity index (χ2n) is 4.76. The molecule has 1 N–H and O–H groups in total. The fourth-order valence-electron chi connectivity index (χ4n) is 2.29. The summed E-state index contributed by atoms with van der Waals surface area (Å²) >= 11 is 0. The molecule has 0 radical (unpaired) electrons. The van der Waals surface area contributed by atoms with Gasteiger partial charge in [0, 0.05) is 12.1 Å². The predicted octanol–water partition coefficient (Wildman–Crippen LogP) is 1.63. The number of rotatable bonds is 4. The van der Waals surface area contributed by atoms with E-state index in [1.807, 2.05) is 0 Å². The van der Waals surface area contributed by atoms with Gasteiger partial charge in [-0.25, -0.2) is 9.18 Å². The summed E-state index contributed by atoms with van der Waals surface area (Å²) in [5.74, 6) is -1.18. The Kier molecular flexibility index (Phi) is 4.50. The number of aliphatic hydroxyl groups is 1. The predicted molar refractivity (Wildman–Crippen MR) is 67.9 cm³/mol. The highest BCUT2D eigenvalue weighted by Gasteiger charge is 2.20. The highest BCUT2D eigenvalue weighted by atomic mass is 19.1. The molecule has 0 bridgehead atoms. The quantitative estimate of drug-likeness (QED) is 0.842. The Morgan fingerprint density at radius 1 is 1.47 bits per heavy atom. The summed E-state index contributed by atoms with van der Waals surface area (Å²) in [5, 5.41) is 9.64. The van der Waals surface area contributed by atoms with Crippen LogP contribution in [0, 0.1) is 5.82 Å². The summed E-state index contributed by atoms with van der Waals surface area (Å²) in [4.78, 5) is 13.4. The zero-order valence-corrected chi connectivity index (χ0v) is 10.9. The first-order valence-corrected chi connectivity index (χ1v) is 6.38. The van der Waals surface area contributed by atoms with E-state index >= 15 is 0 Å². The van der Waals surface area contributed by atoms with Crippen LogP contribution >= 0.6 is 0 Å². The minimum absolute atomic E-state index is 0.217. The number of methoxy groups -OCH3 is 1. The van der Waals surface area contributed by atoms with Crippen molar-refractivity contribution in [2.75, 3.05) is 20.2 Å². The molecular formula is C14H18FNO3. The normalized spacial score (nSPS) is 17.4. The molecule has 4 nitrogen and oxygen atoms in total. The average molecular weight is 267 g/mol. The maximum atomic E-state index is 13.9. The van der Waals surface area contributed by atoms with Gasteiger partial charge in [-0.1, -0.05) is 12.1 Å². The van der Waals surface area contributed by atoms with Gasteiger partial charge in [-0.15, -0.1) is 0 Å². The number of ether oxygens (including phenoxy) is 1. The summed E-state index contributed by atoms with van der Waals surface area (Å²) in [6.45, 7) is 2.55. The first kappa shape index (κ1) is 14.0. The van der Waals surface area contributed by atoms with Gasteiger partial charge < -0.3 is 9.84 Å². The molecule has 19 heavy (non-hydrogen) atoms. The molecule has 104 valence electrons. The van der Waals surface area contributed by atoms with Crippen molar-refractivity contribution in [1.29, 1.82) is 0 Å². The average Bonchev–Trinajstić information content (AvgIpc) is 2.92. The molecule has 1 aromatic rings. The van der Waals surface area contributed by atoms with Crippen LogP contribution < -0.4 is 0 Å². The van der Waals surface area contributed by atoms with Crippen molar-refractivity contribution in [3.05, 3.63) is 35.1 Å². The molecule has 1 atom stereocenters. The van der Waals surface area contributed by atoms with E-state index in [-0.39, 0.29) is 5.56 Å². The molecule has 1 aliphatic rings. The van der Waals surface area contributed by atoms with Crippen molar-refractivity contribution in [3.63, 3.8) is 0 Å². The molecule has 2 rings (SSSR count). The van der Waals surface area contributed by atoms with Crippen molar-refractivity contribution < 1.29 is 19.0 Å². The highest BCUT2D eigenvalue weighted by Crippen LogP contribution is 2.20. The lowest BCUT2D eigenvalue weighted by atomic mass is 10.1. The topological polar surface area (TPSA) is 49.8 Å². The Bertz CT molecular complexity index is 458. The van der Waals surface area contributed by atoms with Crippen LogP contribution in [0.2, 0.25) is 0 Å². The molecule has 0 aromatic heterocycles. The second kappa shape index (κ2) is 6.12. The van der Waals surface area contributed by atoms with Crippen LogP contribution in [0.1, 0.15) is 30.1 Å². The van der Waals surface area contributed by atoms with Crippen LogP contribution in [0.3, 0.4) is 0 Å². The van der Waals surface area contributed by atoms with E-state index in [1.165, 1.54) is 13.2 Å². The Hall–Kier alpha value is -1.46. The minimum Gasteiger partial charge on any atom is -0.467 e. The Morgan fingerprint density at radius 3 is 2.74 bits per heavy atom. The molecule has 1 aliphatic heterocycles. The molecule has 5 heteroatoms. The van der Waals surface area contributed by atoms with E-state index in [4.69, 9.17) is 0 Å². The minimum atomic E-state index is -1.43. The number of carbonyl (C=O) groups is 1. The van der Waals surface area contributed by atoms with Gasteiger partial charge in [0.15, 0.2) is 6.10 Å². The lowest BCUT2D eigenvalue weighted by Crippen LogP contribution is -2.19. The second-order valence-corrected chi connectivity index (χ2v) is 4.76. The highest BCUT2D eigenvalue weighted by molar-refractivity contribution is 5.76. The number of benzene rings is 1. The van der Waals surface area contributed by atoms with E-state index in [0.717, 1.165) is 25.9 Å². The number of hydrogen-bond donors (Lipinski definition) is 1. The zero-order chi connectivity index (χ0) is 13.8. The largest absolute Gasteiger partial charge is 0.467 e. The van der Waals surface area contributed by atoms with E-state index in [9.17, 15) is 14.3 Å². The summed E-state index contributed by atoms with van der Waals surface area (Å²) in [7, 11) is 1.18. The zero-order valence-electron chi connectivity index (χ0n) is 10.9. The summed E-state index contributed by atoms with van der Waals surface area (Å²) < 4.78 is 18.4. The number of hydrogen-bond acceptors (Lipinski definition) is 4. The summed E-state index contributed by atoms with van der Waals surface area (Å²) in [6.07, 6.45) is 0.877. The molecule has 1 aromatic carbocycles. The molecule has 0 amide bonds. The van der Waals surface area contributed by atoms with Gasteiger partial charge in [0.25, 0.3) is 0 Å². The molecule has 1 fully saturated rings. The molecule has 1 unspecified atom stereocenters. The van der Waals surface area contributed by atoms with E-state index < -0.39 is 17.9 Å². The third-order valence-electron chi connectivity index (χ3n) is 3.41. The number of aliphatic hydroxyl groups excluding tert-OH is 1. The summed E-state index contributed by atoms with van der Waals surface area (Å²) in [5.41, 5.74) is 0.803. The number of esters is 1. The van der Waals surface area contributed by atoms with Gasteiger partial charge in [-0.2, -0.15) is 0 Å². The number of nitrogens with zero attached hydrogens (tertiary/aromatic N) is 1. The third-order valence-corrected chi connectivity index (χ3v) is 3.41. The number of halogens is 1. The molecule has 0 saturated carbocycles. The smallest absolute Gasteiger partial charge is 0.339 e. The van der Waals surface area contributed by atoms with Gasteiger partial charge in [0.2, 0.25) is 0 Å². The Balaban J connectivity index is 2.10. The third kappa shape index (κ3) is 3.30. The Morgan fingerprint density at radius 2 is 2.16 bits per heavy atom. The summed E-state index contributed by atoms with van der Waals surface area (Å²) in [6, 6.07) is 4.39. The van der Waals surface area contributed by atoms with Crippen LogP contribution in [0.4, 0.5) is 4.39 Å². The van der Waals surface area contributed by atoms with Crippen molar-refractivity contribution in [1.82, 2.24) is 4.90 Å². The standard InChI is InChI=1S/C14H18FNO3/c1-19-14(18)13(17)10-4-5-11(12(15)8-10)9-16-6-2-3-7-16/h4-5,8,13,17H,2-3,6-7,9H2,1H3.